The van der Waals surface area contributed by atoms with E-state index in [9.17, 15) is 0 Å². The summed E-state index contributed by atoms with van der Waals surface area (Å²) in [6.07, 6.45) is 3.86. The van der Waals surface area contributed by atoms with Gasteiger partial charge < -0.3 is 4.74 Å². The highest BCUT2D eigenvalue weighted by Gasteiger charge is 2.01. The Kier molecular flexibility index (Phi) is 4.66. The van der Waals surface area contributed by atoms with Crippen molar-refractivity contribution in [2.75, 3.05) is 6.61 Å². The monoisotopic (exact) mass is 374 g/mol. The lowest BCUT2D eigenvalue weighted by molar-refractivity contribution is 0.345. The summed E-state index contributed by atoms with van der Waals surface area (Å²) in [5.74, 6) is 0.610. The number of hydrogen-bond donors (Lipinski definition) is 0. The molecule has 0 spiro atoms. The molecule has 1 aromatic carbocycles. The van der Waals surface area contributed by atoms with Crippen molar-refractivity contribution in [3.8, 4) is 11.6 Å². The van der Waals surface area contributed by atoms with Crippen LogP contribution in [0.5, 0.6) is 5.88 Å². The zero-order chi connectivity index (χ0) is 13.0. The molecule has 0 aliphatic heterocycles. The molecule has 0 amide bonds. The molecular formula is C13H12ClIN2O. The number of nitrogens with zero attached hydrogens (tertiary/aromatic N) is 2. The predicted octanol–water partition coefficient (Wildman–Crippen LogP) is 4.24. The van der Waals surface area contributed by atoms with Crippen LogP contribution >= 0.6 is 34.2 Å². The van der Waals surface area contributed by atoms with E-state index in [0.29, 0.717) is 17.5 Å². The summed E-state index contributed by atoms with van der Waals surface area (Å²) in [5.41, 5.74) is 0.954. The maximum Gasteiger partial charge on any atom is 0.233 e. The predicted molar refractivity (Wildman–Crippen MR) is 81.8 cm³/mol. The van der Waals surface area contributed by atoms with E-state index in [1.165, 1.54) is 3.58 Å². The van der Waals surface area contributed by atoms with Crippen LogP contribution in [-0.4, -0.2) is 16.4 Å². The normalized spacial score (nSPS) is 11.6. The van der Waals surface area contributed by atoms with E-state index >= 15 is 0 Å². The summed E-state index contributed by atoms with van der Waals surface area (Å²) >= 11 is 8.09. The number of allylic oxidation sites excluding steroid dienone is 1. The molecule has 18 heavy (non-hydrogen) atoms. The number of benzene rings is 1. The van der Waals surface area contributed by atoms with E-state index in [2.05, 4.69) is 27.7 Å². The zero-order valence-electron chi connectivity index (χ0n) is 9.81. The summed E-state index contributed by atoms with van der Waals surface area (Å²) < 4.78 is 8.46. The highest BCUT2D eigenvalue weighted by atomic mass is 127. The molecule has 0 aliphatic carbocycles. The van der Waals surface area contributed by atoms with Crippen molar-refractivity contribution in [2.45, 2.75) is 6.92 Å². The smallest absolute Gasteiger partial charge is 0.233 e. The van der Waals surface area contributed by atoms with Crippen LogP contribution in [-0.2, 0) is 0 Å². The van der Waals surface area contributed by atoms with Gasteiger partial charge in [-0.2, -0.15) is 0 Å². The maximum atomic E-state index is 5.84. The van der Waals surface area contributed by atoms with Gasteiger partial charge in [-0.25, -0.2) is 4.68 Å². The molecule has 0 fully saturated rings. The number of hydrogen-bond acceptors (Lipinski definition) is 2. The topological polar surface area (TPSA) is 27.1 Å². The summed E-state index contributed by atoms with van der Waals surface area (Å²) in [4.78, 5) is 0. The van der Waals surface area contributed by atoms with Crippen molar-refractivity contribution >= 4 is 34.2 Å². The van der Waals surface area contributed by atoms with Crippen molar-refractivity contribution in [1.29, 1.82) is 0 Å². The van der Waals surface area contributed by atoms with E-state index < -0.39 is 0 Å². The van der Waals surface area contributed by atoms with Crippen LogP contribution in [0.2, 0.25) is 5.02 Å². The largest absolute Gasteiger partial charge is 0.472 e. The Labute approximate surface area is 125 Å². The Morgan fingerprint density at radius 1 is 1.39 bits per heavy atom. The van der Waals surface area contributed by atoms with Crippen molar-refractivity contribution < 1.29 is 4.74 Å². The standard InChI is InChI=1S/C13H12ClIN2O/c1-10(15)7-9-18-13-6-8-17(16-13)12-4-2-11(14)3-5-12/h2-8H,9H2,1H3/b10-7-. The van der Waals surface area contributed by atoms with Gasteiger partial charge in [0.25, 0.3) is 0 Å². The van der Waals surface area contributed by atoms with E-state index in [0.717, 1.165) is 5.69 Å². The van der Waals surface area contributed by atoms with Gasteiger partial charge in [0, 0.05) is 17.3 Å². The molecule has 0 aliphatic rings. The third-order valence-electron chi connectivity index (χ3n) is 2.25. The molecule has 1 aromatic heterocycles. The molecule has 2 rings (SSSR count). The first-order valence-electron chi connectivity index (χ1n) is 5.42. The molecule has 0 bridgehead atoms. The first-order chi connectivity index (χ1) is 8.65. The van der Waals surface area contributed by atoms with Gasteiger partial charge in [0.05, 0.1) is 5.69 Å². The van der Waals surface area contributed by atoms with Crippen LogP contribution in [0, 0.1) is 0 Å². The van der Waals surface area contributed by atoms with Crippen LogP contribution in [0.1, 0.15) is 6.92 Å². The van der Waals surface area contributed by atoms with Crippen LogP contribution in [0.25, 0.3) is 5.69 Å². The average Bonchev–Trinajstić information content (AvgIpc) is 2.78. The molecular weight excluding hydrogens is 363 g/mol. The highest BCUT2D eigenvalue weighted by molar-refractivity contribution is 14.1. The average molecular weight is 375 g/mol. The Hall–Kier alpha value is -1.01. The molecule has 94 valence electrons. The summed E-state index contributed by atoms with van der Waals surface area (Å²) in [6.45, 7) is 2.56. The number of rotatable bonds is 4. The maximum absolute atomic E-state index is 5.84. The minimum absolute atomic E-state index is 0.534. The number of halogens is 2. The third kappa shape index (κ3) is 3.74. The van der Waals surface area contributed by atoms with E-state index in [-0.39, 0.29) is 0 Å². The second-order valence-electron chi connectivity index (χ2n) is 3.68. The van der Waals surface area contributed by atoms with Crippen molar-refractivity contribution in [2.24, 2.45) is 0 Å². The Bertz CT molecular complexity index is 544. The van der Waals surface area contributed by atoms with Crippen LogP contribution in [0.3, 0.4) is 0 Å². The SMILES string of the molecule is C/C(I)=C/COc1ccn(-c2ccc(Cl)cc2)n1. The van der Waals surface area contributed by atoms with Gasteiger partial charge in [0.15, 0.2) is 0 Å². The van der Waals surface area contributed by atoms with Crippen molar-refractivity contribution in [3.63, 3.8) is 0 Å². The molecule has 0 unspecified atom stereocenters. The van der Waals surface area contributed by atoms with Crippen LogP contribution in [0.15, 0.2) is 46.2 Å². The lowest BCUT2D eigenvalue weighted by atomic mass is 10.3. The third-order valence-corrected chi connectivity index (χ3v) is 2.94. The van der Waals surface area contributed by atoms with E-state index in [4.69, 9.17) is 16.3 Å². The van der Waals surface area contributed by atoms with Crippen LogP contribution < -0.4 is 4.74 Å². The molecule has 2 aromatic rings. The zero-order valence-corrected chi connectivity index (χ0v) is 12.7. The molecule has 0 atom stereocenters. The second-order valence-corrected chi connectivity index (χ2v) is 5.81. The quantitative estimate of drug-likeness (QED) is 0.748. The minimum atomic E-state index is 0.534. The fraction of sp³-hybridized carbons (Fsp3) is 0.154. The highest BCUT2D eigenvalue weighted by Crippen LogP contribution is 2.15. The van der Waals surface area contributed by atoms with Crippen LogP contribution in [0.4, 0.5) is 0 Å². The molecule has 3 nitrogen and oxygen atoms in total. The summed E-state index contributed by atoms with van der Waals surface area (Å²) in [5, 5.41) is 5.04. The van der Waals surface area contributed by atoms with Gasteiger partial charge >= 0.3 is 0 Å². The summed E-state index contributed by atoms with van der Waals surface area (Å²) in [7, 11) is 0. The van der Waals surface area contributed by atoms with Gasteiger partial charge in [0.2, 0.25) is 5.88 Å². The number of aromatic nitrogens is 2. The fourth-order valence-electron chi connectivity index (χ4n) is 1.36. The lowest BCUT2D eigenvalue weighted by Crippen LogP contribution is -1.97. The summed E-state index contributed by atoms with van der Waals surface area (Å²) in [6, 6.07) is 9.33. The number of ether oxygens (including phenoxy) is 1. The lowest BCUT2D eigenvalue weighted by Gasteiger charge is -2.01. The first-order valence-corrected chi connectivity index (χ1v) is 6.87. The van der Waals surface area contributed by atoms with Gasteiger partial charge in [-0.3, -0.25) is 0 Å². The first kappa shape index (κ1) is 13.4. The molecule has 0 saturated heterocycles. The van der Waals surface area contributed by atoms with Crippen molar-refractivity contribution in [1.82, 2.24) is 9.78 Å². The van der Waals surface area contributed by atoms with Crippen molar-refractivity contribution in [3.05, 3.63) is 51.2 Å². The Balaban J connectivity index is 2.06. The van der Waals surface area contributed by atoms with Gasteiger partial charge in [0.1, 0.15) is 6.61 Å². The van der Waals surface area contributed by atoms with Gasteiger partial charge in [-0.15, -0.1) is 5.10 Å². The Morgan fingerprint density at radius 2 is 2.11 bits per heavy atom. The minimum Gasteiger partial charge on any atom is -0.472 e. The van der Waals surface area contributed by atoms with Gasteiger partial charge in [-0.05, 0) is 63.4 Å². The van der Waals surface area contributed by atoms with E-state index in [1.54, 1.807) is 4.68 Å². The molecule has 5 heteroatoms. The Morgan fingerprint density at radius 3 is 2.78 bits per heavy atom. The molecule has 0 N–H and O–H groups in total. The molecule has 0 radical (unpaired) electrons. The second kappa shape index (κ2) is 6.24. The molecule has 1 heterocycles. The fourth-order valence-corrected chi connectivity index (χ4v) is 1.67. The van der Waals surface area contributed by atoms with Gasteiger partial charge in [-0.1, -0.05) is 11.6 Å². The molecule has 0 saturated carbocycles. The van der Waals surface area contributed by atoms with E-state index in [1.807, 2.05) is 49.5 Å².